The van der Waals surface area contributed by atoms with Gasteiger partial charge >= 0.3 is 0 Å². The third kappa shape index (κ3) is 1.50. The summed E-state index contributed by atoms with van der Waals surface area (Å²) < 4.78 is 13.4. The second-order valence-electron chi connectivity index (χ2n) is 3.47. The van der Waals surface area contributed by atoms with Crippen molar-refractivity contribution in [3.05, 3.63) is 24.0 Å². The Labute approximate surface area is 70.4 Å². The Kier molecular flexibility index (Phi) is 1.68. The standard InChI is InChI=1S/C9H12FNO/c10-9(12,7-3-4-7)6-8-2-1-5-11-8/h1-2,5,7,11-12H,3-4,6H2. The van der Waals surface area contributed by atoms with E-state index < -0.39 is 5.85 Å². The minimum absolute atomic E-state index is 0.0880. The summed E-state index contributed by atoms with van der Waals surface area (Å²) in [5, 5.41) is 9.34. The summed E-state index contributed by atoms with van der Waals surface area (Å²) >= 11 is 0. The molecule has 1 aromatic rings. The molecule has 66 valence electrons. The highest BCUT2D eigenvalue weighted by Gasteiger charge is 2.44. The van der Waals surface area contributed by atoms with Gasteiger partial charge in [0.1, 0.15) is 0 Å². The van der Waals surface area contributed by atoms with E-state index in [-0.39, 0.29) is 12.3 Å². The molecule has 1 saturated carbocycles. The maximum atomic E-state index is 13.4. The van der Waals surface area contributed by atoms with Crippen LogP contribution in [0.1, 0.15) is 18.5 Å². The molecule has 1 unspecified atom stereocenters. The van der Waals surface area contributed by atoms with Crippen LogP contribution in [0.25, 0.3) is 0 Å². The average molecular weight is 169 g/mol. The zero-order valence-electron chi connectivity index (χ0n) is 6.76. The van der Waals surface area contributed by atoms with Gasteiger partial charge < -0.3 is 10.1 Å². The van der Waals surface area contributed by atoms with Crippen molar-refractivity contribution in [2.24, 2.45) is 5.92 Å². The van der Waals surface area contributed by atoms with Crippen LogP contribution in [0.2, 0.25) is 0 Å². The number of rotatable bonds is 3. The van der Waals surface area contributed by atoms with Crippen LogP contribution in [0, 0.1) is 5.92 Å². The molecular weight excluding hydrogens is 157 g/mol. The Balaban J connectivity index is 2.01. The Morgan fingerprint density at radius 3 is 2.92 bits per heavy atom. The van der Waals surface area contributed by atoms with Crippen LogP contribution in [0.5, 0.6) is 0 Å². The molecule has 0 aliphatic heterocycles. The second-order valence-corrected chi connectivity index (χ2v) is 3.47. The zero-order valence-corrected chi connectivity index (χ0v) is 6.76. The predicted molar refractivity (Wildman–Crippen MR) is 43.3 cm³/mol. The lowest BCUT2D eigenvalue weighted by Gasteiger charge is -2.16. The molecule has 1 aliphatic carbocycles. The number of H-pyrrole nitrogens is 1. The molecule has 0 amide bonds. The van der Waals surface area contributed by atoms with Crippen LogP contribution in [-0.2, 0) is 6.42 Å². The minimum Gasteiger partial charge on any atom is -0.365 e. The highest BCUT2D eigenvalue weighted by Crippen LogP contribution is 2.42. The van der Waals surface area contributed by atoms with Crippen molar-refractivity contribution < 1.29 is 9.50 Å². The van der Waals surface area contributed by atoms with E-state index in [0.29, 0.717) is 0 Å². The average Bonchev–Trinajstić information content (AvgIpc) is 2.74. The molecule has 12 heavy (non-hydrogen) atoms. The maximum Gasteiger partial charge on any atom is 0.215 e. The molecule has 2 rings (SSSR count). The Hall–Kier alpha value is -0.830. The van der Waals surface area contributed by atoms with Crippen molar-refractivity contribution in [3.8, 4) is 0 Å². The number of aliphatic hydroxyl groups is 1. The fourth-order valence-corrected chi connectivity index (χ4v) is 1.41. The van der Waals surface area contributed by atoms with Gasteiger partial charge in [0.05, 0.1) is 0 Å². The van der Waals surface area contributed by atoms with Crippen molar-refractivity contribution >= 4 is 0 Å². The third-order valence-corrected chi connectivity index (χ3v) is 2.30. The van der Waals surface area contributed by atoms with E-state index in [1.807, 2.05) is 0 Å². The first-order chi connectivity index (χ1) is 5.68. The SMILES string of the molecule is OC(F)(Cc1ccc[nH]1)C1CC1. The van der Waals surface area contributed by atoms with Crippen LogP contribution < -0.4 is 0 Å². The minimum atomic E-state index is -2.00. The van der Waals surface area contributed by atoms with E-state index in [4.69, 9.17) is 0 Å². The molecule has 1 aliphatic rings. The second kappa shape index (κ2) is 2.59. The molecule has 1 aromatic heterocycles. The number of aromatic amines is 1. The van der Waals surface area contributed by atoms with Gasteiger partial charge in [0.25, 0.3) is 0 Å². The summed E-state index contributed by atoms with van der Waals surface area (Å²) in [6, 6.07) is 3.59. The lowest BCUT2D eigenvalue weighted by Crippen LogP contribution is -2.28. The fraction of sp³-hybridized carbons (Fsp3) is 0.556. The summed E-state index contributed by atoms with van der Waals surface area (Å²) in [7, 11) is 0. The first kappa shape index (κ1) is 7.80. The molecule has 1 heterocycles. The molecule has 1 atom stereocenters. The number of aromatic nitrogens is 1. The predicted octanol–water partition coefficient (Wildman–Crippen LogP) is 1.63. The fourth-order valence-electron chi connectivity index (χ4n) is 1.41. The Bertz CT molecular complexity index is 252. The lowest BCUT2D eigenvalue weighted by atomic mass is 10.1. The number of halogens is 1. The summed E-state index contributed by atoms with van der Waals surface area (Å²) in [4.78, 5) is 2.88. The van der Waals surface area contributed by atoms with E-state index in [1.54, 1.807) is 18.3 Å². The van der Waals surface area contributed by atoms with Gasteiger partial charge in [-0.15, -0.1) is 0 Å². The molecule has 2 N–H and O–H groups in total. The summed E-state index contributed by atoms with van der Waals surface area (Å²) in [6.45, 7) is 0. The van der Waals surface area contributed by atoms with Crippen LogP contribution in [0.3, 0.4) is 0 Å². The maximum absolute atomic E-state index is 13.4. The quantitative estimate of drug-likeness (QED) is 0.708. The van der Waals surface area contributed by atoms with Gasteiger partial charge in [0.15, 0.2) is 0 Å². The van der Waals surface area contributed by atoms with E-state index in [2.05, 4.69) is 4.98 Å². The topological polar surface area (TPSA) is 36.0 Å². The molecule has 2 nitrogen and oxygen atoms in total. The number of alkyl halides is 1. The van der Waals surface area contributed by atoms with Crippen LogP contribution in [-0.4, -0.2) is 15.9 Å². The number of hydrogen-bond donors (Lipinski definition) is 2. The normalized spacial score (nSPS) is 22.2. The van der Waals surface area contributed by atoms with E-state index in [1.165, 1.54) is 0 Å². The van der Waals surface area contributed by atoms with Gasteiger partial charge in [-0.05, 0) is 25.0 Å². The summed E-state index contributed by atoms with van der Waals surface area (Å²) in [5.41, 5.74) is 0.756. The van der Waals surface area contributed by atoms with Crippen molar-refractivity contribution in [2.75, 3.05) is 0 Å². The number of nitrogens with one attached hydrogen (secondary N) is 1. The monoisotopic (exact) mass is 169 g/mol. The molecule has 3 heteroatoms. The largest absolute Gasteiger partial charge is 0.365 e. The molecule has 1 fully saturated rings. The van der Waals surface area contributed by atoms with E-state index >= 15 is 0 Å². The van der Waals surface area contributed by atoms with Crippen molar-refractivity contribution in [1.82, 2.24) is 4.98 Å². The highest BCUT2D eigenvalue weighted by molar-refractivity contribution is 5.07. The van der Waals surface area contributed by atoms with Gasteiger partial charge in [0, 0.05) is 24.2 Å². The molecule has 0 bridgehead atoms. The number of hydrogen-bond acceptors (Lipinski definition) is 1. The van der Waals surface area contributed by atoms with Crippen LogP contribution in [0.15, 0.2) is 18.3 Å². The van der Waals surface area contributed by atoms with Crippen LogP contribution >= 0.6 is 0 Å². The van der Waals surface area contributed by atoms with Gasteiger partial charge in [-0.25, -0.2) is 4.39 Å². The Morgan fingerprint density at radius 2 is 2.42 bits per heavy atom. The van der Waals surface area contributed by atoms with E-state index in [9.17, 15) is 9.50 Å². The molecule has 0 aromatic carbocycles. The van der Waals surface area contributed by atoms with Gasteiger partial charge in [-0.2, -0.15) is 0 Å². The van der Waals surface area contributed by atoms with Gasteiger partial charge in [-0.1, -0.05) is 0 Å². The van der Waals surface area contributed by atoms with Crippen LogP contribution in [0.4, 0.5) is 4.39 Å². The molecule has 0 radical (unpaired) electrons. The highest BCUT2D eigenvalue weighted by atomic mass is 19.2. The van der Waals surface area contributed by atoms with Crippen molar-refractivity contribution in [1.29, 1.82) is 0 Å². The van der Waals surface area contributed by atoms with Gasteiger partial charge in [0.2, 0.25) is 5.85 Å². The van der Waals surface area contributed by atoms with E-state index in [0.717, 1.165) is 18.5 Å². The zero-order chi connectivity index (χ0) is 8.60. The molecular formula is C9H12FNO. The summed E-state index contributed by atoms with van der Waals surface area (Å²) in [6.07, 6.45) is 3.45. The molecule has 0 spiro atoms. The lowest BCUT2D eigenvalue weighted by molar-refractivity contribution is -0.106. The van der Waals surface area contributed by atoms with Gasteiger partial charge in [-0.3, -0.25) is 0 Å². The first-order valence-corrected chi connectivity index (χ1v) is 4.22. The summed E-state index contributed by atoms with van der Waals surface area (Å²) in [5.74, 6) is -2.13. The first-order valence-electron chi connectivity index (χ1n) is 4.22. The smallest absolute Gasteiger partial charge is 0.215 e. The van der Waals surface area contributed by atoms with Crippen molar-refractivity contribution in [3.63, 3.8) is 0 Å². The third-order valence-electron chi connectivity index (χ3n) is 2.30. The molecule has 0 saturated heterocycles. The van der Waals surface area contributed by atoms with Crippen molar-refractivity contribution in [2.45, 2.75) is 25.1 Å². The Morgan fingerprint density at radius 1 is 1.67 bits per heavy atom.